The van der Waals surface area contributed by atoms with Gasteiger partial charge in [-0.05, 0) is 60.4 Å². The fourth-order valence-electron chi connectivity index (χ4n) is 3.28. The highest BCUT2D eigenvalue weighted by Crippen LogP contribution is 2.25. The van der Waals surface area contributed by atoms with Gasteiger partial charge in [0, 0.05) is 29.0 Å². The summed E-state index contributed by atoms with van der Waals surface area (Å²) in [6.45, 7) is 3.90. The number of hydrogen-bond acceptors (Lipinski definition) is 4. The lowest BCUT2D eigenvalue weighted by Gasteiger charge is -2.11. The Morgan fingerprint density at radius 3 is 2.74 bits per heavy atom. The van der Waals surface area contributed by atoms with Gasteiger partial charge in [-0.3, -0.25) is 4.79 Å². The highest BCUT2D eigenvalue weighted by Gasteiger charge is 2.21. The zero-order valence-corrected chi connectivity index (χ0v) is 17.8. The van der Waals surface area contributed by atoms with Crippen LogP contribution in [0.2, 0.25) is 0 Å². The van der Waals surface area contributed by atoms with E-state index in [2.05, 4.69) is 15.4 Å². The molecule has 0 saturated heterocycles. The Hall–Kier alpha value is -3.46. The Morgan fingerprint density at radius 2 is 2.00 bits per heavy atom. The van der Waals surface area contributed by atoms with Gasteiger partial charge < -0.3 is 10.3 Å². The lowest BCUT2D eigenvalue weighted by atomic mass is 9.98. The molecule has 0 aliphatic rings. The van der Waals surface area contributed by atoms with Crippen molar-refractivity contribution >= 4 is 32.5 Å². The van der Waals surface area contributed by atoms with Gasteiger partial charge in [-0.1, -0.05) is 19.9 Å². The van der Waals surface area contributed by atoms with Crippen molar-refractivity contribution < 1.29 is 17.6 Å². The molecule has 0 aliphatic carbocycles. The number of aromatic amines is 1. The molecular formula is C22H21FN4O3S. The molecule has 7 nitrogen and oxygen atoms in total. The maximum Gasteiger partial charge on any atom is 0.282 e. The van der Waals surface area contributed by atoms with Crippen molar-refractivity contribution in [2.45, 2.75) is 31.1 Å². The summed E-state index contributed by atoms with van der Waals surface area (Å²) in [7, 11) is -3.97. The first-order chi connectivity index (χ1) is 14.8. The molecule has 4 aromatic rings. The summed E-state index contributed by atoms with van der Waals surface area (Å²) in [5.74, 6) is -0.970. The van der Waals surface area contributed by atoms with Crippen molar-refractivity contribution in [3.05, 3.63) is 78.0 Å². The van der Waals surface area contributed by atoms with Gasteiger partial charge in [-0.25, -0.2) is 4.39 Å². The van der Waals surface area contributed by atoms with Crippen LogP contribution in [0.3, 0.4) is 0 Å². The van der Waals surface area contributed by atoms with Crippen LogP contribution in [0.4, 0.5) is 10.1 Å². The van der Waals surface area contributed by atoms with E-state index >= 15 is 0 Å². The van der Waals surface area contributed by atoms with Gasteiger partial charge in [0.2, 0.25) is 0 Å². The first-order valence-corrected chi connectivity index (χ1v) is 11.2. The van der Waals surface area contributed by atoms with E-state index in [1.54, 1.807) is 30.5 Å². The Morgan fingerprint density at radius 1 is 1.19 bits per heavy atom. The Bertz CT molecular complexity index is 1370. The molecule has 160 valence electrons. The number of amides is 1. The molecule has 2 aromatic carbocycles. The number of nitrogens with one attached hydrogen (secondary N) is 2. The standard InChI is InChI=1S/C22H21FN4O3S/c1-3-14(2)18-6-4-16(13-19(18)23)25-22(28)21-9-11-27(26-21)31(29,30)17-5-7-20-15(12-17)8-10-24-20/h4-14,24H,3H2,1-2H3,(H,25,28). The molecule has 0 aliphatic heterocycles. The van der Waals surface area contributed by atoms with Gasteiger partial charge in [0.1, 0.15) is 5.82 Å². The van der Waals surface area contributed by atoms with Crippen molar-refractivity contribution in [2.75, 3.05) is 5.32 Å². The molecule has 2 heterocycles. The topological polar surface area (TPSA) is 96.9 Å². The second-order valence-corrected chi connectivity index (χ2v) is 9.10. The van der Waals surface area contributed by atoms with Crippen LogP contribution in [0, 0.1) is 5.82 Å². The largest absolute Gasteiger partial charge is 0.361 e. The van der Waals surface area contributed by atoms with E-state index < -0.39 is 21.7 Å². The van der Waals surface area contributed by atoms with E-state index in [1.165, 1.54) is 30.5 Å². The number of fused-ring (bicyclic) bond motifs is 1. The summed E-state index contributed by atoms with van der Waals surface area (Å²) in [4.78, 5) is 15.6. The molecule has 4 rings (SSSR count). The molecule has 0 radical (unpaired) electrons. The minimum atomic E-state index is -3.97. The molecule has 31 heavy (non-hydrogen) atoms. The first-order valence-electron chi connectivity index (χ1n) is 9.79. The maximum atomic E-state index is 14.3. The molecule has 0 saturated carbocycles. The second-order valence-electron chi connectivity index (χ2n) is 7.31. The minimum absolute atomic E-state index is 0.0531. The third kappa shape index (κ3) is 3.96. The van der Waals surface area contributed by atoms with Crippen LogP contribution in [-0.4, -0.2) is 28.5 Å². The Kier molecular flexibility index (Phi) is 5.36. The zero-order valence-electron chi connectivity index (χ0n) is 17.0. The molecular weight excluding hydrogens is 419 g/mol. The van der Waals surface area contributed by atoms with Gasteiger partial charge >= 0.3 is 0 Å². The van der Waals surface area contributed by atoms with Crippen LogP contribution in [0.1, 0.15) is 42.2 Å². The van der Waals surface area contributed by atoms with E-state index in [0.29, 0.717) is 5.56 Å². The number of H-pyrrole nitrogens is 1. The number of carbonyl (C=O) groups excluding carboxylic acids is 1. The summed E-state index contributed by atoms with van der Waals surface area (Å²) >= 11 is 0. The summed E-state index contributed by atoms with van der Waals surface area (Å²) in [6.07, 6.45) is 3.72. The van der Waals surface area contributed by atoms with Gasteiger partial charge in [0.25, 0.3) is 15.9 Å². The Labute approximate surface area is 179 Å². The van der Waals surface area contributed by atoms with Crippen LogP contribution in [0.15, 0.2) is 65.8 Å². The lowest BCUT2D eigenvalue weighted by Crippen LogP contribution is -2.17. The van der Waals surface area contributed by atoms with E-state index in [0.717, 1.165) is 21.4 Å². The third-order valence-electron chi connectivity index (χ3n) is 5.27. The van der Waals surface area contributed by atoms with E-state index in [4.69, 9.17) is 0 Å². The maximum absolute atomic E-state index is 14.3. The Balaban J connectivity index is 1.55. The number of anilines is 1. The smallest absolute Gasteiger partial charge is 0.282 e. The van der Waals surface area contributed by atoms with Crippen LogP contribution in [0.5, 0.6) is 0 Å². The van der Waals surface area contributed by atoms with Gasteiger partial charge in [0.05, 0.1) is 4.90 Å². The van der Waals surface area contributed by atoms with Crippen molar-refractivity contribution in [1.29, 1.82) is 0 Å². The number of aromatic nitrogens is 3. The quantitative estimate of drug-likeness (QED) is 0.461. The predicted molar refractivity (Wildman–Crippen MR) is 116 cm³/mol. The van der Waals surface area contributed by atoms with Gasteiger partial charge in [-0.2, -0.15) is 17.6 Å². The van der Waals surface area contributed by atoms with Crippen molar-refractivity contribution in [3.8, 4) is 0 Å². The fraction of sp³-hybridized carbons (Fsp3) is 0.182. The number of nitrogens with zero attached hydrogens (tertiary/aromatic N) is 2. The normalized spacial score (nSPS) is 12.7. The monoisotopic (exact) mass is 440 g/mol. The van der Waals surface area contributed by atoms with Crippen LogP contribution < -0.4 is 5.32 Å². The van der Waals surface area contributed by atoms with Crippen molar-refractivity contribution in [2.24, 2.45) is 0 Å². The predicted octanol–water partition coefficient (Wildman–Crippen LogP) is 4.51. The molecule has 1 atom stereocenters. The highest BCUT2D eigenvalue weighted by molar-refractivity contribution is 7.89. The number of carbonyl (C=O) groups is 1. The summed E-state index contributed by atoms with van der Waals surface area (Å²) < 4.78 is 40.8. The van der Waals surface area contributed by atoms with Crippen LogP contribution in [-0.2, 0) is 10.0 Å². The number of halogens is 1. The highest BCUT2D eigenvalue weighted by atomic mass is 32.2. The molecule has 0 fully saturated rings. The van der Waals surface area contributed by atoms with Gasteiger partial charge in [-0.15, -0.1) is 0 Å². The summed E-state index contributed by atoms with van der Waals surface area (Å²) in [6, 6.07) is 12.2. The number of rotatable bonds is 6. The molecule has 1 unspecified atom stereocenters. The minimum Gasteiger partial charge on any atom is -0.361 e. The number of benzene rings is 2. The molecule has 2 N–H and O–H groups in total. The third-order valence-corrected chi connectivity index (χ3v) is 6.81. The van der Waals surface area contributed by atoms with E-state index in [-0.39, 0.29) is 22.2 Å². The second kappa shape index (κ2) is 7.99. The molecule has 0 bridgehead atoms. The average Bonchev–Trinajstić information content (AvgIpc) is 3.42. The van der Waals surface area contributed by atoms with E-state index in [1.807, 2.05) is 13.8 Å². The molecule has 1 amide bonds. The number of hydrogen-bond donors (Lipinski definition) is 2. The molecule has 9 heteroatoms. The zero-order chi connectivity index (χ0) is 22.2. The average molecular weight is 441 g/mol. The summed E-state index contributed by atoms with van der Waals surface area (Å²) in [5.41, 5.74) is 1.56. The first kappa shape index (κ1) is 20.8. The van der Waals surface area contributed by atoms with Gasteiger partial charge in [0.15, 0.2) is 5.69 Å². The van der Waals surface area contributed by atoms with Crippen LogP contribution in [0.25, 0.3) is 10.9 Å². The van der Waals surface area contributed by atoms with Crippen molar-refractivity contribution in [1.82, 2.24) is 14.2 Å². The van der Waals surface area contributed by atoms with Crippen LogP contribution >= 0.6 is 0 Å². The lowest BCUT2D eigenvalue weighted by molar-refractivity contribution is 0.102. The van der Waals surface area contributed by atoms with Crippen molar-refractivity contribution in [3.63, 3.8) is 0 Å². The summed E-state index contributed by atoms with van der Waals surface area (Å²) in [5, 5.41) is 7.22. The molecule has 2 aromatic heterocycles. The fourth-order valence-corrected chi connectivity index (χ4v) is 4.43. The molecule has 0 spiro atoms. The SMILES string of the molecule is CCC(C)c1ccc(NC(=O)c2ccn(S(=O)(=O)c3ccc4[nH]ccc4c3)n2)cc1F. The van der Waals surface area contributed by atoms with E-state index in [9.17, 15) is 17.6 Å².